The van der Waals surface area contributed by atoms with Crippen LogP contribution < -0.4 is 18.9 Å². The Morgan fingerprint density at radius 2 is 1.74 bits per heavy atom. The van der Waals surface area contributed by atoms with Gasteiger partial charge in [0.1, 0.15) is 11.7 Å². The van der Waals surface area contributed by atoms with Crippen molar-refractivity contribution in [3.63, 3.8) is 0 Å². The Balaban J connectivity index is 1.49. The van der Waals surface area contributed by atoms with E-state index in [9.17, 15) is 4.79 Å². The molecule has 0 saturated heterocycles. The molecular weight excluding hydrogens is 350 g/mol. The fourth-order valence-electron chi connectivity index (χ4n) is 4.47. The van der Waals surface area contributed by atoms with Gasteiger partial charge in [-0.1, -0.05) is 6.07 Å². The number of ether oxygens (including phenoxy) is 5. The van der Waals surface area contributed by atoms with Gasteiger partial charge in [0.2, 0.25) is 13.6 Å². The molecule has 2 aromatic rings. The van der Waals surface area contributed by atoms with Crippen molar-refractivity contribution in [3.8, 4) is 23.0 Å². The van der Waals surface area contributed by atoms with Crippen molar-refractivity contribution in [2.75, 3.05) is 27.2 Å². The molecule has 0 aliphatic carbocycles. The second kappa shape index (κ2) is 5.29. The van der Waals surface area contributed by atoms with Crippen molar-refractivity contribution in [2.45, 2.75) is 18.6 Å². The first-order valence-electron chi connectivity index (χ1n) is 8.97. The minimum atomic E-state index is -0.411. The molecule has 7 heteroatoms. The highest BCUT2D eigenvalue weighted by Gasteiger charge is 2.45. The fraction of sp³-hybridized carbons (Fsp3) is 0.350. The number of carbonyl (C=O) groups excluding carboxylic acids is 1. The second-order valence-electron chi connectivity index (χ2n) is 7.17. The lowest BCUT2D eigenvalue weighted by molar-refractivity contribution is 0.00932. The molecule has 27 heavy (non-hydrogen) atoms. The molecular formula is C20H17NO6. The number of benzene rings is 2. The van der Waals surface area contributed by atoms with Crippen LogP contribution in [0.5, 0.6) is 23.0 Å². The second-order valence-corrected chi connectivity index (χ2v) is 7.17. The number of nitrogens with zero attached hydrogens (tertiary/aromatic N) is 1. The smallest absolute Gasteiger partial charge is 0.343 e. The molecule has 2 aromatic carbocycles. The topological polar surface area (TPSA) is 66.5 Å². The van der Waals surface area contributed by atoms with E-state index in [0.717, 1.165) is 35.6 Å². The van der Waals surface area contributed by atoms with Crippen LogP contribution in [0, 0.1) is 0 Å². The third-order valence-electron chi connectivity index (χ3n) is 5.76. The Bertz CT molecular complexity index is 987. The van der Waals surface area contributed by atoms with Gasteiger partial charge in [-0.2, -0.15) is 0 Å². The molecule has 6 rings (SSSR count). The molecule has 0 saturated carbocycles. The van der Waals surface area contributed by atoms with Gasteiger partial charge in [-0.3, -0.25) is 4.90 Å². The maximum atomic E-state index is 12.7. The van der Waals surface area contributed by atoms with E-state index in [0.29, 0.717) is 17.1 Å². The number of rotatable bonds is 1. The number of hydrogen-bond acceptors (Lipinski definition) is 7. The van der Waals surface area contributed by atoms with Crippen LogP contribution in [0.1, 0.15) is 39.2 Å². The van der Waals surface area contributed by atoms with E-state index in [2.05, 4.69) is 18.0 Å². The molecule has 4 aliphatic rings. The van der Waals surface area contributed by atoms with Gasteiger partial charge in [0.15, 0.2) is 23.0 Å². The van der Waals surface area contributed by atoms with Crippen LogP contribution in [-0.4, -0.2) is 38.0 Å². The fourth-order valence-corrected chi connectivity index (χ4v) is 4.47. The summed E-state index contributed by atoms with van der Waals surface area (Å²) >= 11 is 0. The van der Waals surface area contributed by atoms with Crippen LogP contribution in [0.25, 0.3) is 0 Å². The Morgan fingerprint density at radius 3 is 2.63 bits per heavy atom. The van der Waals surface area contributed by atoms with Crippen LogP contribution >= 0.6 is 0 Å². The summed E-state index contributed by atoms with van der Waals surface area (Å²) in [5.74, 6) is 2.24. The predicted octanol–water partition coefficient (Wildman–Crippen LogP) is 2.58. The highest BCUT2D eigenvalue weighted by molar-refractivity contribution is 5.98. The Labute approximate surface area is 155 Å². The summed E-state index contributed by atoms with van der Waals surface area (Å²) in [7, 11) is 2.05. The SMILES string of the molecule is CN1CCc2cc3c(cc2[C@H]1[C@H]1OC(=O)c2c1ccc1c2OCO1)OCO3. The lowest BCUT2D eigenvalue weighted by Crippen LogP contribution is -2.36. The Kier molecular flexibility index (Phi) is 2.97. The quantitative estimate of drug-likeness (QED) is 0.718. The molecule has 0 bridgehead atoms. The Hall–Kier alpha value is -2.93. The van der Waals surface area contributed by atoms with Crippen molar-refractivity contribution in [1.82, 2.24) is 4.90 Å². The van der Waals surface area contributed by atoms with Crippen molar-refractivity contribution in [3.05, 3.63) is 46.5 Å². The van der Waals surface area contributed by atoms with Crippen LogP contribution in [-0.2, 0) is 11.2 Å². The van der Waals surface area contributed by atoms with Gasteiger partial charge >= 0.3 is 5.97 Å². The first kappa shape index (κ1) is 15.2. The van der Waals surface area contributed by atoms with Crippen molar-refractivity contribution in [2.24, 2.45) is 0 Å². The van der Waals surface area contributed by atoms with E-state index in [1.165, 1.54) is 5.56 Å². The lowest BCUT2D eigenvalue weighted by Gasteiger charge is -2.37. The summed E-state index contributed by atoms with van der Waals surface area (Å²) in [6.07, 6.45) is 0.500. The zero-order valence-electron chi connectivity index (χ0n) is 14.7. The molecule has 2 atom stereocenters. The van der Waals surface area contributed by atoms with Gasteiger partial charge in [0, 0.05) is 12.1 Å². The molecule has 138 valence electrons. The Morgan fingerprint density at radius 1 is 0.963 bits per heavy atom. The summed E-state index contributed by atoms with van der Waals surface area (Å²) in [6, 6.07) is 7.73. The normalized spacial score (nSPS) is 24.6. The lowest BCUT2D eigenvalue weighted by atomic mass is 9.86. The molecule has 0 aromatic heterocycles. The van der Waals surface area contributed by atoms with Crippen molar-refractivity contribution in [1.29, 1.82) is 0 Å². The highest BCUT2D eigenvalue weighted by atomic mass is 16.7. The molecule has 4 aliphatic heterocycles. The molecule has 0 radical (unpaired) electrons. The molecule has 0 spiro atoms. The molecule has 7 nitrogen and oxygen atoms in total. The maximum absolute atomic E-state index is 12.7. The standard InChI is InChI=1S/C20H17NO6/c1-21-5-4-10-6-14-15(25-8-24-14)7-12(10)17(21)18-11-2-3-13-19(26-9-23-13)16(11)20(22)27-18/h2-3,6-7,17-18H,4-5,8-9H2,1H3/t17-,18-/m0/s1. The third kappa shape index (κ3) is 2.03. The maximum Gasteiger partial charge on any atom is 0.343 e. The summed E-state index contributed by atoms with van der Waals surface area (Å²) in [6.45, 7) is 1.23. The monoisotopic (exact) mass is 367 g/mol. The third-order valence-corrected chi connectivity index (χ3v) is 5.76. The van der Waals surface area contributed by atoms with Gasteiger partial charge < -0.3 is 23.7 Å². The molecule has 0 fully saturated rings. The number of likely N-dealkylation sites (N-methyl/N-ethyl adjacent to an activating group) is 1. The van der Waals surface area contributed by atoms with Gasteiger partial charge in [0.25, 0.3) is 0 Å². The summed E-state index contributed by atoms with van der Waals surface area (Å²) in [4.78, 5) is 14.9. The van der Waals surface area contributed by atoms with Crippen molar-refractivity contribution >= 4 is 5.97 Å². The summed E-state index contributed by atoms with van der Waals surface area (Å²) in [5.41, 5.74) is 3.63. The molecule has 0 unspecified atom stereocenters. The van der Waals surface area contributed by atoms with E-state index in [-0.39, 0.29) is 25.6 Å². The van der Waals surface area contributed by atoms with E-state index in [4.69, 9.17) is 23.7 Å². The minimum Gasteiger partial charge on any atom is -0.454 e. The molecule has 4 heterocycles. The number of cyclic esters (lactones) is 1. The summed E-state index contributed by atoms with van der Waals surface area (Å²) in [5, 5.41) is 0. The zero-order valence-corrected chi connectivity index (χ0v) is 14.7. The van der Waals surface area contributed by atoms with Crippen molar-refractivity contribution < 1.29 is 28.5 Å². The van der Waals surface area contributed by atoms with E-state index >= 15 is 0 Å². The molecule has 0 N–H and O–H groups in total. The van der Waals surface area contributed by atoms with Gasteiger partial charge in [-0.15, -0.1) is 0 Å². The van der Waals surface area contributed by atoms with Gasteiger partial charge in [-0.05, 0) is 42.8 Å². The van der Waals surface area contributed by atoms with Crippen LogP contribution in [0.3, 0.4) is 0 Å². The van der Waals surface area contributed by atoms with E-state index in [1.54, 1.807) is 0 Å². The van der Waals surface area contributed by atoms with Gasteiger partial charge in [0.05, 0.1) is 6.04 Å². The number of carbonyl (C=O) groups is 1. The van der Waals surface area contributed by atoms with Crippen LogP contribution in [0.15, 0.2) is 24.3 Å². The van der Waals surface area contributed by atoms with E-state index in [1.807, 2.05) is 18.2 Å². The predicted molar refractivity (Wildman–Crippen MR) is 92.4 cm³/mol. The average molecular weight is 367 g/mol. The number of fused-ring (bicyclic) bond motifs is 5. The van der Waals surface area contributed by atoms with E-state index < -0.39 is 6.10 Å². The van der Waals surface area contributed by atoms with Crippen LogP contribution in [0.4, 0.5) is 0 Å². The van der Waals surface area contributed by atoms with Crippen LogP contribution in [0.2, 0.25) is 0 Å². The summed E-state index contributed by atoms with van der Waals surface area (Å²) < 4.78 is 27.9. The number of hydrogen-bond donors (Lipinski definition) is 0. The number of esters is 1. The minimum absolute atomic E-state index is 0.103. The van der Waals surface area contributed by atoms with Gasteiger partial charge in [-0.25, -0.2) is 4.79 Å². The largest absolute Gasteiger partial charge is 0.454 e. The first-order chi connectivity index (χ1) is 13.2. The highest BCUT2D eigenvalue weighted by Crippen LogP contribution is 2.51. The molecule has 0 amide bonds. The average Bonchev–Trinajstić information content (AvgIpc) is 3.38. The zero-order chi connectivity index (χ0) is 18.1. The first-order valence-corrected chi connectivity index (χ1v) is 8.97.